The fourth-order valence-electron chi connectivity index (χ4n) is 2.31. The van der Waals surface area contributed by atoms with E-state index >= 15 is 0 Å². The van der Waals surface area contributed by atoms with Crippen molar-refractivity contribution >= 4 is 29.9 Å². The molecule has 29 heavy (non-hydrogen) atoms. The van der Waals surface area contributed by atoms with E-state index in [1.54, 1.807) is 37.5 Å². The molecule has 0 aliphatic heterocycles. The van der Waals surface area contributed by atoms with Crippen molar-refractivity contribution in [3.05, 3.63) is 77.5 Å². The molecule has 150 valence electrons. The third-order valence-electron chi connectivity index (χ3n) is 3.78. The van der Waals surface area contributed by atoms with Gasteiger partial charge in [0.25, 0.3) is 5.91 Å². The third kappa shape index (κ3) is 7.72. The molecule has 0 aromatic heterocycles. The molecule has 0 atom stereocenters. The van der Waals surface area contributed by atoms with Crippen LogP contribution in [0.25, 0.3) is 12.2 Å². The fourth-order valence-corrected chi connectivity index (χ4v) is 2.31. The van der Waals surface area contributed by atoms with Gasteiger partial charge in [0.15, 0.2) is 0 Å². The van der Waals surface area contributed by atoms with Crippen molar-refractivity contribution in [3.63, 3.8) is 0 Å². The Morgan fingerprint density at radius 1 is 1.00 bits per heavy atom. The highest BCUT2D eigenvalue weighted by Crippen LogP contribution is 2.13. The Hall–Kier alpha value is -3.87. The summed E-state index contributed by atoms with van der Waals surface area (Å²) in [5.41, 5.74) is 1.51. The van der Waals surface area contributed by atoms with E-state index in [1.165, 1.54) is 12.2 Å². The van der Waals surface area contributed by atoms with Gasteiger partial charge in [-0.05, 0) is 35.4 Å². The molecule has 0 unspecified atom stereocenters. The smallest absolute Gasteiger partial charge is 0.305 e. The SMILES string of the molecule is COc1ccc(C=C(NC(=O)C=Cc2ccccc2)C(=O)NCCC(=O)O)cc1. The summed E-state index contributed by atoms with van der Waals surface area (Å²) in [6, 6.07) is 16.2. The van der Waals surface area contributed by atoms with Crippen molar-refractivity contribution in [1.82, 2.24) is 10.6 Å². The summed E-state index contributed by atoms with van der Waals surface area (Å²) in [6.07, 6.45) is 4.23. The number of ether oxygens (including phenoxy) is 1. The molecule has 0 aliphatic rings. The number of carbonyl (C=O) groups excluding carboxylic acids is 2. The van der Waals surface area contributed by atoms with Crippen LogP contribution >= 0.6 is 0 Å². The quantitative estimate of drug-likeness (QED) is 0.567. The number of benzene rings is 2. The molecule has 0 saturated carbocycles. The second-order valence-electron chi connectivity index (χ2n) is 5.96. The molecule has 0 saturated heterocycles. The first-order chi connectivity index (χ1) is 14.0. The van der Waals surface area contributed by atoms with Crippen LogP contribution in [0.2, 0.25) is 0 Å². The Labute approximate surface area is 168 Å². The van der Waals surface area contributed by atoms with Gasteiger partial charge < -0.3 is 20.5 Å². The zero-order valence-electron chi connectivity index (χ0n) is 15.9. The van der Waals surface area contributed by atoms with Gasteiger partial charge in [0.05, 0.1) is 13.5 Å². The van der Waals surface area contributed by atoms with Gasteiger partial charge in [0.2, 0.25) is 5.91 Å². The molecule has 2 rings (SSSR count). The van der Waals surface area contributed by atoms with E-state index in [1.807, 2.05) is 30.3 Å². The first-order valence-corrected chi connectivity index (χ1v) is 8.88. The molecule has 3 N–H and O–H groups in total. The first kappa shape index (κ1) is 21.4. The lowest BCUT2D eigenvalue weighted by Crippen LogP contribution is -2.35. The summed E-state index contributed by atoms with van der Waals surface area (Å²) in [5.74, 6) is -1.43. The number of carboxylic acids is 1. The Kier molecular flexibility index (Phi) is 8.19. The maximum atomic E-state index is 12.4. The van der Waals surface area contributed by atoms with E-state index in [9.17, 15) is 14.4 Å². The van der Waals surface area contributed by atoms with Gasteiger partial charge in [-0.15, -0.1) is 0 Å². The number of rotatable bonds is 9. The van der Waals surface area contributed by atoms with Gasteiger partial charge >= 0.3 is 5.97 Å². The predicted molar refractivity (Wildman–Crippen MR) is 110 cm³/mol. The Bertz CT molecular complexity index is 903. The van der Waals surface area contributed by atoms with Crippen molar-refractivity contribution < 1.29 is 24.2 Å². The second-order valence-corrected chi connectivity index (χ2v) is 5.96. The first-order valence-electron chi connectivity index (χ1n) is 8.88. The molecule has 0 heterocycles. The third-order valence-corrected chi connectivity index (χ3v) is 3.78. The summed E-state index contributed by atoms with van der Waals surface area (Å²) >= 11 is 0. The van der Waals surface area contributed by atoms with E-state index in [2.05, 4.69) is 10.6 Å². The topological polar surface area (TPSA) is 105 Å². The number of aliphatic carboxylic acids is 1. The minimum atomic E-state index is -1.03. The van der Waals surface area contributed by atoms with Crippen LogP contribution in [0.1, 0.15) is 17.5 Å². The summed E-state index contributed by atoms with van der Waals surface area (Å²) in [6.45, 7) is -0.0517. The molecule has 0 bridgehead atoms. The molecular formula is C22H22N2O5. The van der Waals surface area contributed by atoms with Crippen LogP contribution in [-0.4, -0.2) is 36.5 Å². The van der Waals surface area contributed by atoms with Crippen molar-refractivity contribution in [2.24, 2.45) is 0 Å². The van der Waals surface area contributed by atoms with E-state index in [0.717, 1.165) is 5.56 Å². The highest BCUT2D eigenvalue weighted by Gasteiger charge is 2.12. The molecule has 2 amide bonds. The normalized spacial score (nSPS) is 11.1. The molecule has 0 spiro atoms. The lowest BCUT2D eigenvalue weighted by atomic mass is 10.1. The van der Waals surface area contributed by atoms with Gasteiger partial charge in [-0.1, -0.05) is 42.5 Å². The number of hydrogen-bond acceptors (Lipinski definition) is 4. The minimum Gasteiger partial charge on any atom is -0.497 e. The zero-order valence-corrected chi connectivity index (χ0v) is 15.9. The van der Waals surface area contributed by atoms with Gasteiger partial charge in [-0.2, -0.15) is 0 Å². The van der Waals surface area contributed by atoms with Crippen molar-refractivity contribution in [1.29, 1.82) is 0 Å². The van der Waals surface area contributed by atoms with Crippen molar-refractivity contribution in [2.75, 3.05) is 13.7 Å². The number of hydrogen-bond donors (Lipinski definition) is 3. The monoisotopic (exact) mass is 394 g/mol. The van der Waals surface area contributed by atoms with Gasteiger partial charge in [-0.3, -0.25) is 14.4 Å². The standard InChI is InChI=1S/C22H22N2O5/c1-29-18-10-7-17(8-11-18)15-19(22(28)23-14-13-21(26)27)24-20(25)12-9-16-5-3-2-4-6-16/h2-12,15H,13-14H2,1H3,(H,23,28)(H,24,25)(H,26,27). The molecule has 7 nitrogen and oxygen atoms in total. The van der Waals surface area contributed by atoms with Crippen LogP contribution in [0.5, 0.6) is 5.75 Å². The predicted octanol–water partition coefficient (Wildman–Crippen LogP) is 2.46. The molecule has 0 radical (unpaired) electrons. The maximum absolute atomic E-state index is 12.4. The van der Waals surface area contributed by atoms with Gasteiger partial charge in [0.1, 0.15) is 11.4 Å². The fraction of sp³-hybridized carbons (Fsp3) is 0.136. The summed E-state index contributed by atoms with van der Waals surface area (Å²) in [7, 11) is 1.55. The van der Waals surface area contributed by atoms with Gasteiger partial charge in [0, 0.05) is 12.6 Å². The number of carboxylic acid groups (broad SMARTS) is 1. The van der Waals surface area contributed by atoms with Crippen LogP contribution < -0.4 is 15.4 Å². The molecule has 7 heteroatoms. The number of methoxy groups -OCH3 is 1. The van der Waals surface area contributed by atoms with Crippen LogP contribution in [0.4, 0.5) is 0 Å². The average molecular weight is 394 g/mol. The Morgan fingerprint density at radius 2 is 1.69 bits per heavy atom. The number of carbonyl (C=O) groups is 3. The van der Waals surface area contributed by atoms with Crippen LogP contribution in [-0.2, 0) is 14.4 Å². The van der Waals surface area contributed by atoms with E-state index in [0.29, 0.717) is 11.3 Å². The van der Waals surface area contributed by atoms with E-state index in [-0.39, 0.29) is 18.7 Å². The molecule has 0 fully saturated rings. The van der Waals surface area contributed by atoms with Gasteiger partial charge in [-0.25, -0.2) is 0 Å². The molecule has 2 aromatic carbocycles. The highest BCUT2D eigenvalue weighted by atomic mass is 16.5. The van der Waals surface area contributed by atoms with Crippen LogP contribution in [0, 0.1) is 0 Å². The Morgan fingerprint density at radius 3 is 2.31 bits per heavy atom. The van der Waals surface area contributed by atoms with E-state index in [4.69, 9.17) is 9.84 Å². The van der Waals surface area contributed by atoms with Crippen molar-refractivity contribution in [2.45, 2.75) is 6.42 Å². The number of amides is 2. The summed E-state index contributed by atoms with van der Waals surface area (Å²) in [4.78, 5) is 35.3. The van der Waals surface area contributed by atoms with Crippen molar-refractivity contribution in [3.8, 4) is 5.75 Å². The lowest BCUT2D eigenvalue weighted by molar-refractivity contribution is -0.137. The second kappa shape index (κ2) is 11.1. The largest absolute Gasteiger partial charge is 0.497 e. The number of nitrogens with one attached hydrogen (secondary N) is 2. The molecule has 2 aromatic rings. The summed E-state index contributed by atoms with van der Waals surface area (Å²) < 4.78 is 5.10. The van der Waals surface area contributed by atoms with Crippen LogP contribution in [0.3, 0.4) is 0 Å². The average Bonchev–Trinajstić information content (AvgIpc) is 2.72. The Balaban J connectivity index is 2.15. The minimum absolute atomic E-state index is 0.00303. The zero-order chi connectivity index (χ0) is 21.1. The highest BCUT2D eigenvalue weighted by molar-refractivity contribution is 6.04. The van der Waals surface area contributed by atoms with E-state index < -0.39 is 17.8 Å². The lowest BCUT2D eigenvalue weighted by Gasteiger charge is -2.09. The maximum Gasteiger partial charge on any atom is 0.305 e. The van der Waals surface area contributed by atoms with Crippen LogP contribution in [0.15, 0.2) is 66.4 Å². The summed E-state index contributed by atoms with van der Waals surface area (Å²) in [5, 5.41) is 13.7. The molecular weight excluding hydrogens is 372 g/mol. The molecule has 0 aliphatic carbocycles.